The highest BCUT2D eigenvalue weighted by Gasteiger charge is 2.52. The molecule has 31 heavy (non-hydrogen) atoms. The highest BCUT2D eigenvalue weighted by molar-refractivity contribution is 4.94. The minimum absolute atomic E-state index is 0.376. The van der Waals surface area contributed by atoms with Crippen molar-refractivity contribution in [3.8, 4) is 0 Å². The Hall–Kier alpha value is -0.560. The summed E-state index contributed by atoms with van der Waals surface area (Å²) in [6.07, 6.45) is -21.3. The number of aliphatic hydroxyl groups is 9. The van der Waals surface area contributed by atoms with Gasteiger partial charge in [0.1, 0.15) is 61.0 Å². The average molecular weight is 458 g/mol. The van der Waals surface area contributed by atoms with Crippen LogP contribution in [-0.2, 0) is 23.7 Å². The van der Waals surface area contributed by atoms with E-state index < -0.39 is 92.6 Å². The molecule has 0 aliphatic carbocycles. The van der Waals surface area contributed by atoms with Gasteiger partial charge in [0.2, 0.25) is 0 Å². The molecule has 14 nitrogen and oxygen atoms in total. The van der Waals surface area contributed by atoms with E-state index in [1.54, 1.807) is 0 Å². The van der Waals surface area contributed by atoms with Crippen LogP contribution >= 0.6 is 0 Å². The Morgan fingerprint density at radius 1 is 0.710 bits per heavy atom. The van der Waals surface area contributed by atoms with Crippen LogP contribution in [0.25, 0.3) is 0 Å². The van der Waals surface area contributed by atoms with Crippen LogP contribution in [0.1, 0.15) is 6.92 Å². The molecule has 3 heterocycles. The minimum atomic E-state index is -1.73. The molecule has 0 spiro atoms. The van der Waals surface area contributed by atoms with Crippen molar-refractivity contribution in [2.24, 2.45) is 0 Å². The van der Waals surface area contributed by atoms with Crippen LogP contribution in [0.4, 0.5) is 0 Å². The highest BCUT2D eigenvalue weighted by atomic mass is 16.8. The lowest BCUT2D eigenvalue weighted by Gasteiger charge is -2.47. The third kappa shape index (κ3) is 5.02. The summed E-state index contributed by atoms with van der Waals surface area (Å²) in [4.78, 5) is 0. The van der Waals surface area contributed by atoms with E-state index in [-0.39, 0.29) is 6.61 Å². The van der Waals surface area contributed by atoms with Gasteiger partial charge in [-0.2, -0.15) is 0 Å². The molecule has 9 N–H and O–H groups in total. The third-order valence-electron chi connectivity index (χ3n) is 5.69. The van der Waals surface area contributed by atoms with Crippen LogP contribution in [-0.4, -0.2) is 145 Å². The second-order valence-corrected chi connectivity index (χ2v) is 7.87. The zero-order valence-corrected chi connectivity index (χ0v) is 16.6. The van der Waals surface area contributed by atoms with Gasteiger partial charge in [-0.05, 0) is 6.92 Å². The summed E-state index contributed by atoms with van der Waals surface area (Å²) in [5.74, 6) is 0. The summed E-state index contributed by atoms with van der Waals surface area (Å²) in [5.41, 5.74) is 0. The maximum absolute atomic E-state index is 10.5. The first-order valence-electron chi connectivity index (χ1n) is 9.85. The molecule has 3 saturated heterocycles. The molecule has 3 rings (SSSR count). The van der Waals surface area contributed by atoms with Crippen molar-refractivity contribution in [2.75, 3.05) is 13.2 Å². The summed E-state index contributed by atoms with van der Waals surface area (Å²) in [6.45, 7) is 0.330. The fraction of sp³-hybridized carbons (Fsp3) is 1.00. The molecule has 182 valence electrons. The smallest absolute Gasteiger partial charge is 0.187 e. The van der Waals surface area contributed by atoms with E-state index in [1.807, 2.05) is 0 Å². The molecule has 0 radical (unpaired) electrons. The summed E-state index contributed by atoms with van der Waals surface area (Å²) < 4.78 is 26.7. The number of ether oxygens (including phenoxy) is 5. The fourth-order valence-corrected chi connectivity index (χ4v) is 3.66. The summed E-state index contributed by atoms with van der Waals surface area (Å²) in [6, 6.07) is 0. The van der Waals surface area contributed by atoms with Gasteiger partial charge in [0.15, 0.2) is 18.9 Å². The Morgan fingerprint density at radius 2 is 1.39 bits per heavy atom. The van der Waals surface area contributed by atoms with Crippen molar-refractivity contribution in [3.63, 3.8) is 0 Å². The lowest BCUT2D eigenvalue weighted by atomic mass is 9.97. The fourth-order valence-electron chi connectivity index (χ4n) is 3.66. The summed E-state index contributed by atoms with van der Waals surface area (Å²) >= 11 is 0. The van der Waals surface area contributed by atoms with Gasteiger partial charge >= 0.3 is 0 Å². The lowest BCUT2D eigenvalue weighted by molar-refractivity contribution is -0.379. The van der Waals surface area contributed by atoms with Crippen LogP contribution in [0.2, 0.25) is 0 Å². The van der Waals surface area contributed by atoms with E-state index in [2.05, 4.69) is 0 Å². The number of hydrogen-bond acceptors (Lipinski definition) is 14. The van der Waals surface area contributed by atoms with Gasteiger partial charge in [0.05, 0.1) is 19.3 Å². The van der Waals surface area contributed by atoms with Crippen molar-refractivity contribution in [2.45, 2.75) is 92.9 Å². The van der Waals surface area contributed by atoms with Gasteiger partial charge in [-0.25, -0.2) is 0 Å². The van der Waals surface area contributed by atoms with Gasteiger partial charge in [-0.1, -0.05) is 0 Å². The van der Waals surface area contributed by atoms with Crippen LogP contribution in [0.15, 0.2) is 0 Å². The maximum Gasteiger partial charge on any atom is 0.187 e. The molecule has 3 aliphatic rings. The van der Waals surface area contributed by atoms with Crippen LogP contribution < -0.4 is 0 Å². The number of aliphatic hydroxyl groups excluding tert-OH is 9. The van der Waals surface area contributed by atoms with Crippen LogP contribution in [0, 0.1) is 0 Å². The molecule has 14 heteroatoms. The minimum Gasteiger partial charge on any atom is -0.394 e. The predicted molar refractivity (Wildman–Crippen MR) is 93.8 cm³/mol. The van der Waals surface area contributed by atoms with E-state index >= 15 is 0 Å². The van der Waals surface area contributed by atoms with Gasteiger partial charge in [0, 0.05) is 0 Å². The summed E-state index contributed by atoms with van der Waals surface area (Å²) in [5, 5.41) is 89.4. The van der Waals surface area contributed by atoms with Crippen LogP contribution in [0.3, 0.4) is 0 Å². The zero-order valence-electron chi connectivity index (χ0n) is 16.6. The van der Waals surface area contributed by atoms with E-state index in [9.17, 15) is 46.0 Å². The quantitative estimate of drug-likeness (QED) is 0.187. The van der Waals surface area contributed by atoms with Crippen molar-refractivity contribution < 1.29 is 69.6 Å². The number of rotatable bonds is 5. The Balaban J connectivity index is 1.77. The summed E-state index contributed by atoms with van der Waals surface area (Å²) in [7, 11) is 0. The largest absolute Gasteiger partial charge is 0.394 e. The van der Waals surface area contributed by atoms with Gasteiger partial charge in [-0.15, -0.1) is 0 Å². The standard InChI is InChI=1S/C17H30O14/c1-4-7(19)10(22)13(25)16(28-4)31-14-11(23)8(20)5(2-18)29-17(14)30-6-3-27-15(26)12(24)9(6)21/h4-26H,2-3H2,1H3/t4-,5+,6-,7-,8+,9-,10+,11-,12+,13+,14+,15+,16-,17-/m0/s1. The first-order valence-corrected chi connectivity index (χ1v) is 9.85. The van der Waals surface area contributed by atoms with E-state index in [0.717, 1.165) is 0 Å². The molecular weight excluding hydrogens is 428 g/mol. The monoisotopic (exact) mass is 458 g/mol. The third-order valence-corrected chi connectivity index (χ3v) is 5.69. The van der Waals surface area contributed by atoms with Gasteiger partial charge in [-0.3, -0.25) is 0 Å². The molecule has 0 aromatic carbocycles. The Kier molecular flexibility index (Phi) is 8.21. The molecule has 3 aliphatic heterocycles. The topological polar surface area (TPSA) is 228 Å². The first-order chi connectivity index (χ1) is 14.6. The lowest BCUT2D eigenvalue weighted by Crippen LogP contribution is -2.65. The van der Waals surface area contributed by atoms with E-state index in [4.69, 9.17) is 23.7 Å². The SMILES string of the molecule is C[C@@H]1O[C@@H](O[C@H]2[C@H](O[C@H]3CO[C@@H](O)[C@H](O)[C@H]3O)O[C@H](CO)[C@@H](O)[C@@H]2O)[C@H](O)[C@H](O)[C@H]1O. The van der Waals surface area contributed by atoms with Crippen molar-refractivity contribution in [1.29, 1.82) is 0 Å². The second-order valence-electron chi connectivity index (χ2n) is 7.87. The maximum atomic E-state index is 10.5. The first kappa shape index (κ1) is 25.1. The van der Waals surface area contributed by atoms with E-state index in [0.29, 0.717) is 0 Å². The normalized spacial score (nSPS) is 54.0. The van der Waals surface area contributed by atoms with E-state index in [1.165, 1.54) is 6.92 Å². The molecule has 0 amide bonds. The molecule has 0 saturated carbocycles. The van der Waals surface area contributed by atoms with Gasteiger partial charge < -0.3 is 69.6 Å². The molecule has 0 bridgehead atoms. The molecular formula is C17H30O14. The predicted octanol–water partition coefficient (Wildman–Crippen LogP) is -5.91. The Bertz CT molecular complexity index is 581. The Labute approximate surface area is 176 Å². The van der Waals surface area contributed by atoms with Crippen LogP contribution in [0.5, 0.6) is 0 Å². The number of hydrogen-bond donors (Lipinski definition) is 9. The zero-order chi connectivity index (χ0) is 23.0. The molecule has 3 fully saturated rings. The second kappa shape index (κ2) is 10.1. The van der Waals surface area contributed by atoms with Crippen molar-refractivity contribution in [3.05, 3.63) is 0 Å². The Morgan fingerprint density at radius 3 is 2.03 bits per heavy atom. The van der Waals surface area contributed by atoms with Crippen molar-refractivity contribution >= 4 is 0 Å². The highest BCUT2D eigenvalue weighted by Crippen LogP contribution is 2.31. The molecule has 14 atom stereocenters. The molecule has 0 aromatic rings. The van der Waals surface area contributed by atoms with Crippen molar-refractivity contribution in [1.82, 2.24) is 0 Å². The molecule has 0 unspecified atom stereocenters. The molecule has 0 aromatic heterocycles. The average Bonchev–Trinajstić information content (AvgIpc) is 2.75. The van der Waals surface area contributed by atoms with Gasteiger partial charge in [0.25, 0.3) is 0 Å².